The lowest BCUT2D eigenvalue weighted by Gasteiger charge is -2.18. The van der Waals surface area contributed by atoms with E-state index < -0.39 is 11.9 Å². The van der Waals surface area contributed by atoms with Crippen molar-refractivity contribution in [2.24, 2.45) is 0 Å². The Morgan fingerprint density at radius 1 is 0.939 bits per heavy atom. The molecule has 6 nitrogen and oxygen atoms in total. The van der Waals surface area contributed by atoms with Crippen LogP contribution in [0.4, 0.5) is 11.4 Å². The van der Waals surface area contributed by atoms with Crippen molar-refractivity contribution < 1.29 is 24.4 Å². The molecule has 0 amide bonds. The Morgan fingerprint density at radius 2 is 1.61 bits per heavy atom. The minimum atomic E-state index is -0.800. The molecule has 0 aliphatic carbocycles. The predicted molar refractivity (Wildman–Crippen MR) is 132 cm³/mol. The van der Waals surface area contributed by atoms with E-state index in [9.17, 15) is 9.59 Å². The number of fused-ring (bicyclic) bond motifs is 1. The van der Waals surface area contributed by atoms with E-state index in [0.717, 1.165) is 24.2 Å². The molecule has 0 saturated carbocycles. The monoisotopic (exact) mass is 449 g/mol. The van der Waals surface area contributed by atoms with Crippen LogP contribution in [-0.4, -0.2) is 52.6 Å². The highest BCUT2D eigenvalue weighted by Gasteiger charge is 2.43. The molecular formula is C27H33N2O4+. The summed E-state index contributed by atoms with van der Waals surface area (Å²) in [7, 11) is 1.89. The molecule has 174 valence electrons. The van der Waals surface area contributed by atoms with Gasteiger partial charge in [0.25, 0.3) is 0 Å². The third kappa shape index (κ3) is 5.89. The number of anilines is 1. The molecule has 3 rings (SSSR count). The summed E-state index contributed by atoms with van der Waals surface area (Å²) < 4.78 is 2.32. The highest BCUT2D eigenvalue weighted by Crippen LogP contribution is 2.40. The Balaban J connectivity index is 1.81. The van der Waals surface area contributed by atoms with Crippen molar-refractivity contribution in [2.75, 3.05) is 25.0 Å². The molecule has 6 heteroatoms. The van der Waals surface area contributed by atoms with Crippen LogP contribution in [0, 0.1) is 0 Å². The number of unbranched alkanes of at least 4 members (excludes halogenated alkanes) is 1. The number of allylic oxidation sites excluding steroid dienone is 1. The van der Waals surface area contributed by atoms with Crippen molar-refractivity contribution in [1.29, 1.82) is 0 Å². The van der Waals surface area contributed by atoms with Gasteiger partial charge in [0.05, 0.1) is 11.8 Å². The molecule has 0 unspecified atom stereocenters. The third-order valence-electron chi connectivity index (χ3n) is 6.25. The molecule has 0 saturated heterocycles. The average Bonchev–Trinajstić information content (AvgIpc) is 3.00. The van der Waals surface area contributed by atoms with E-state index in [2.05, 4.69) is 48.8 Å². The summed E-state index contributed by atoms with van der Waals surface area (Å²) in [5.74, 6) is -1.55. The molecule has 0 fully saturated rings. The van der Waals surface area contributed by atoms with E-state index in [1.54, 1.807) is 0 Å². The number of carbonyl (C=O) groups is 2. The Labute approximate surface area is 195 Å². The zero-order valence-corrected chi connectivity index (χ0v) is 19.6. The van der Waals surface area contributed by atoms with Crippen LogP contribution >= 0.6 is 0 Å². The van der Waals surface area contributed by atoms with Crippen molar-refractivity contribution in [3.8, 4) is 0 Å². The van der Waals surface area contributed by atoms with Gasteiger partial charge in [-0.25, -0.2) is 0 Å². The largest absolute Gasteiger partial charge is 0.481 e. The van der Waals surface area contributed by atoms with Gasteiger partial charge < -0.3 is 15.1 Å². The molecule has 1 heterocycles. The van der Waals surface area contributed by atoms with E-state index in [1.807, 2.05) is 42.3 Å². The van der Waals surface area contributed by atoms with Crippen molar-refractivity contribution in [1.82, 2.24) is 0 Å². The van der Waals surface area contributed by atoms with Crippen molar-refractivity contribution in [2.45, 2.75) is 44.9 Å². The molecule has 1 aliphatic heterocycles. The number of benzene rings is 2. The minimum Gasteiger partial charge on any atom is -0.481 e. The van der Waals surface area contributed by atoms with Crippen LogP contribution in [0.25, 0.3) is 6.08 Å². The number of hydrogen-bond acceptors (Lipinski definition) is 3. The SMILES string of the molecule is CN(CCC(=O)O)c1ccc(C=CC2=[N+](CCCCC(=O)O)c3ccccc3C2(C)C)cc1. The summed E-state index contributed by atoms with van der Waals surface area (Å²) in [4.78, 5) is 23.6. The first-order valence-electron chi connectivity index (χ1n) is 11.4. The molecule has 2 N–H and O–H groups in total. The van der Waals surface area contributed by atoms with Crippen LogP contribution in [0.1, 0.15) is 50.7 Å². The fraction of sp³-hybridized carbons (Fsp3) is 0.370. The number of carboxylic acid groups (broad SMARTS) is 2. The van der Waals surface area contributed by atoms with E-state index in [4.69, 9.17) is 10.2 Å². The van der Waals surface area contributed by atoms with E-state index in [1.165, 1.54) is 17.0 Å². The van der Waals surface area contributed by atoms with Crippen LogP contribution in [0.2, 0.25) is 0 Å². The number of hydrogen-bond donors (Lipinski definition) is 2. The standard InChI is InChI=1S/C27H32N2O4/c1-27(2)22-8-4-5-9-23(22)29(18-7-6-10-25(30)31)24(27)16-13-20-11-14-21(15-12-20)28(3)19-17-26(32)33/h4-5,8-9,11-16H,6-7,10,17-19H2,1-3H3,(H-,30,31,32,33)/p+1. The van der Waals surface area contributed by atoms with Gasteiger partial charge in [-0.1, -0.05) is 30.3 Å². The number of aliphatic carboxylic acids is 2. The second-order valence-electron chi connectivity index (χ2n) is 9.02. The first-order valence-corrected chi connectivity index (χ1v) is 11.4. The average molecular weight is 450 g/mol. The quantitative estimate of drug-likeness (QED) is 0.375. The van der Waals surface area contributed by atoms with Gasteiger partial charge in [-0.2, -0.15) is 4.58 Å². The fourth-order valence-corrected chi connectivity index (χ4v) is 4.34. The van der Waals surface area contributed by atoms with Crippen LogP contribution in [0.3, 0.4) is 0 Å². The third-order valence-corrected chi connectivity index (χ3v) is 6.25. The van der Waals surface area contributed by atoms with Gasteiger partial charge in [0.2, 0.25) is 5.69 Å². The number of rotatable bonds is 11. The van der Waals surface area contributed by atoms with Crippen LogP contribution in [0.5, 0.6) is 0 Å². The van der Waals surface area contributed by atoms with Gasteiger partial charge in [0.1, 0.15) is 6.54 Å². The van der Waals surface area contributed by atoms with Gasteiger partial charge in [-0.15, -0.1) is 0 Å². The maximum absolute atomic E-state index is 10.9. The molecule has 0 bridgehead atoms. The van der Waals surface area contributed by atoms with E-state index in [0.29, 0.717) is 13.0 Å². The molecule has 0 radical (unpaired) electrons. The maximum Gasteiger partial charge on any atom is 0.305 e. The Morgan fingerprint density at radius 3 is 2.27 bits per heavy atom. The Hall–Kier alpha value is -3.41. The first-order chi connectivity index (χ1) is 15.7. The zero-order chi connectivity index (χ0) is 24.0. The van der Waals surface area contributed by atoms with Crippen molar-refractivity contribution >= 4 is 35.1 Å². The second-order valence-corrected chi connectivity index (χ2v) is 9.02. The smallest absolute Gasteiger partial charge is 0.305 e. The predicted octanol–water partition coefficient (Wildman–Crippen LogP) is 4.94. The molecule has 0 atom stereocenters. The molecule has 33 heavy (non-hydrogen) atoms. The van der Waals surface area contributed by atoms with Gasteiger partial charge >= 0.3 is 11.9 Å². The number of nitrogens with zero attached hydrogens (tertiary/aromatic N) is 2. The maximum atomic E-state index is 10.9. The highest BCUT2D eigenvalue weighted by molar-refractivity contribution is 6.05. The van der Waals surface area contributed by atoms with Gasteiger partial charge in [0.15, 0.2) is 5.71 Å². The molecule has 1 aliphatic rings. The summed E-state index contributed by atoms with van der Waals surface area (Å²) in [6.07, 6.45) is 6.04. The lowest BCUT2D eigenvalue weighted by atomic mass is 9.81. The minimum absolute atomic E-state index is 0.106. The zero-order valence-electron chi connectivity index (χ0n) is 19.6. The topological polar surface area (TPSA) is 80.9 Å². The lowest BCUT2D eigenvalue weighted by Crippen LogP contribution is -2.27. The Bertz CT molecular complexity index is 1070. The van der Waals surface area contributed by atoms with Gasteiger partial charge in [0, 0.05) is 49.8 Å². The summed E-state index contributed by atoms with van der Waals surface area (Å²) in [6, 6.07) is 16.5. The lowest BCUT2D eigenvalue weighted by molar-refractivity contribution is -0.438. The molecule has 0 aromatic heterocycles. The molecular weight excluding hydrogens is 416 g/mol. The first kappa shape index (κ1) is 24.2. The highest BCUT2D eigenvalue weighted by atomic mass is 16.4. The summed E-state index contributed by atoms with van der Waals surface area (Å²) in [5.41, 5.74) is 5.55. The van der Waals surface area contributed by atoms with Gasteiger partial charge in [-0.3, -0.25) is 9.59 Å². The number of para-hydroxylation sites is 1. The summed E-state index contributed by atoms with van der Waals surface area (Å²) in [5, 5.41) is 17.8. The molecule has 2 aromatic carbocycles. The molecule has 2 aromatic rings. The fourth-order valence-electron chi connectivity index (χ4n) is 4.34. The summed E-state index contributed by atoms with van der Waals surface area (Å²) in [6.45, 7) is 5.69. The summed E-state index contributed by atoms with van der Waals surface area (Å²) >= 11 is 0. The van der Waals surface area contributed by atoms with Crippen LogP contribution in [-0.2, 0) is 15.0 Å². The number of carboxylic acids is 2. The van der Waals surface area contributed by atoms with Crippen molar-refractivity contribution in [3.05, 3.63) is 65.7 Å². The van der Waals surface area contributed by atoms with E-state index >= 15 is 0 Å². The molecule has 0 spiro atoms. The van der Waals surface area contributed by atoms with Crippen molar-refractivity contribution in [3.63, 3.8) is 0 Å². The van der Waals surface area contributed by atoms with Crippen LogP contribution < -0.4 is 4.90 Å². The van der Waals surface area contributed by atoms with Gasteiger partial charge in [-0.05, 0) is 44.0 Å². The van der Waals surface area contributed by atoms with Crippen LogP contribution in [0.15, 0.2) is 54.6 Å². The Kier molecular flexibility index (Phi) is 7.69. The van der Waals surface area contributed by atoms with E-state index in [-0.39, 0.29) is 18.3 Å². The normalized spacial score (nSPS) is 14.5. The second kappa shape index (κ2) is 10.5.